The van der Waals surface area contributed by atoms with Crippen molar-refractivity contribution in [2.24, 2.45) is 5.92 Å². The van der Waals surface area contributed by atoms with Gasteiger partial charge in [0, 0.05) is 0 Å². The average molecular weight is 583 g/mol. The molecule has 0 bridgehead atoms. The molecule has 0 aromatic heterocycles. The van der Waals surface area contributed by atoms with E-state index in [0.717, 1.165) is 30.0 Å². The molecule has 0 aliphatic carbocycles. The lowest BCUT2D eigenvalue weighted by atomic mass is 10.1. The Balaban J connectivity index is 1.46. The molecule has 0 N–H and O–H groups in total. The Hall–Kier alpha value is -3.38. The Morgan fingerprint density at radius 2 is 1.29 bits per heavy atom. The lowest BCUT2D eigenvalue weighted by molar-refractivity contribution is -0.134. The largest absolute Gasteiger partial charge is 0.491 e. The van der Waals surface area contributed by atoms with Crippen LogP contribution >= 0.6 is 11.6 Å². The topological polar surface area (TPSA) is 61.8 Å². The molecule has 1 atom stereocenters. The van der Waals surface area contributed by atoms with Gasteiger partial charge in [0.05, 0.1) is 12.2 Å². The molecule has 41 heavy (non-hydrogen) atoms. The van der Waals surface area contributed by atoms with E-state index in [0.29, 0.717) is 18.1 Å². The summed E-state index contributed by atoms with van der Waals surface area (Å²) >= 11 is 6.06. The zero-order valence-corrected chi connectivity index (χ0v) is 24.9. The monoisotopic (exact) mass is 582 g/mol. The second-order valence-corrected chi connectivity index (χ2v) is 10.9. The van der Waals surface area contributed by atoms with Crippen LogP contribution in [0.5, 0.6) is 17.2 Å². The van der Waals surface area contributed by atoms with Crippen LogP contribution in [-0.4, -0.2) is 23.9 Å². The summed E-state index contributed by atoms with van der Waals surface area (Å²) in [5, 5.41) is -0.711. The van der Waals surface area contributed by atoms with Gasteiger partial charge in [0.15, 0.2) is 11.6 Å². The van der Waals surface area contributed by atoms with E-state index in [2.05, 4.69) is 6.92 Å². The smallest absolute Gasteiger partial charge is 0.343 e. The van der Waals surface area contributed by atoms with Crippen molar-refractivity contribution in [2.45, 2.75) is 77.5 Å². The number of carbonyl (C=O) groups excluding carboxylic acids is 2. The quantitative estimate of drug-likeness (QED) is 0.0728. The van der Waals surface area contributed by atoms with Crippen LogP contribution in [0.1, 0.15) is 82.5 Å². The molecule has 220 valence electrons. The van der Waals surface area contributed by atoms with Gasteiger partial charge in [-0.3, -0.25) is 4.79 Å². The van der Waals surface area contributed by atoms with E-state index in [4.69, 9.17) is 25.8 Å². The highest BCUT2D eigenvalue weighted by atomic mass is 35.5. The molecule has 5 nitrogen and oxygen atoms in total. The number of alkyl halides is 1. The van der Waals surface area contributed by atoms with Gasteiger partial charge >= 0.3 is 11.9 Å². The highest BCUT2D eigenvalue weighted by Gasteiger charge is 2.21. The van der Waals surface area contributed by atoms with Crippen molar-refractivity contribution in [3.63, 3.8) is 0 Å². The van der Waals surface area contributed by atoms with Gasteiger partial charge in [0.2, 0.25) is 0 Å². The van der Waals surface area contributed by atoms with Crippen molar-refractivity contribution < 1.29 is 28.2 Å². The average Bonchev–Trinajstić information content (AvgIpc) is 2.97. The number of benzene rings is 3. The SMILES string of the molecule is CCCCCCCCCCOc1ccc(C(=O)Oc2ccc(-c3ccc(OC(=O)C(Cl)C(C)C)cc3)cc2)cc1F. The van der Waals surface area contributed by atoms with E-state index >= 15 is 0 Å². The van der Waals surface area contributed by atoms with E-state index in [1.165, 1.54) is 50.7 Å². The Morgan fingerprint density at radius 1 is 0.756 bits per heavy atom. The van der Waals surface area contributed by atoms with Crippen LogP contribution in [0.4, 0.5) is 4.39 Å². The second-order valence-electron chi connectivity index (χ2n) is 10.5. The molecule has 0 heterocycles. The van der Waals surface area contributed by atoms with Gasteiger partial charge in [-0.1, -0.05) is 90.0 Å². The van der Waals surface area contributed by atoms with Gasteiger partial charge in [-0.15, -0.1) is 11.6 Å². The van der Waals surface area contributed by atoms with E-state index in [1.54, 1.807) is 36.4 Å². The molecule has 0 radical (unpaired) electrons. The predicted molar refractivity (Wildman–Crippen MR) is 161 cm³/mol. The molecular weight excluding hydrogens is 543 g/mol. The minimum absolute atomic E-state index is 0.0298. The normalized spacial score (nSPS) is 11.8. The van der Waals surface area contributed by atoms with Crippen LogP contribution < -0.4 is 14.2 Å². The van der Waals surface area contributed by atoms with Gasteiger partial charge in [-0.25, -0.2) is 9.18 Å². The number of esters is 2. The summed E-state index contributed by atoms with van der Waals surface area (Å²) in [5.41, 5.74) is 1.87. The number of carbonyl (C=O) groups is 2. The van der Waals surface area contributed by atoms with Gasteiger partial charge in [-0.05, 0) is 65.9 Å². The van der Waals surface area contributed by atoms with Crippen LogP contribution in [0, 0.1) is 11.7 Å². The van der Waals surface area contributed by atoms with Gasteiger partial charge < -0.3 is 14.2 Å². The number of hydrogen-bond donors (Lipinski definition) is 0. The van der Waals surface area contributed by atoms with Gasteiger partial charge in [0.1, 0.15) is 16.9 Å². The van der Waals surface area contributed by atoms with Crippen molar-refractivity contribution in [2.75, 3.05) is 6.61 Å². The number of ether oxygens (including phenoxy) is 3. The highest BCUT2D eigenvalue weighted by Crippen LogP contribution is 2.26. The molecule has 0 spiro atoms. The number of halogens is 2. The number of unbranched alkanes of at least 4 members (excludes halogenated alkanes) is 7. The summed E-state index contributed by atoms with van der Waals surface area (Å²) < 4.78 is 30.9. The fraction of sp³-hybridized carbons (Fsp3) is 0.412. The molecule has 0 aliphatic rings. The summed E-state index contributed by atoms with van der Waals surface area (Å²) in [6.45, 7) is 6.36. The van der Waals surface area contributed by atoms with Crippen molar-refractivity contribution >= 4 is 23.5 Å². The van der Waals surface area contributed by atoms with Gasteiger partial charge in [0.25, 0.3) is 0 Å². The second kappa shape index (κ2) is 16.8. The molecule has 3 aromatic carbocycles. The summed E-state index contributed by atoms with van der Waals surface area (Å²) in [6, 6.07) is 18.1. The first kappa shape index (κ1) is 32.1. The highest BCUT2D eigenvalue weighted by molar-refractivity contribution is 6.30. The minimum atomic E-state index is -0.711. The first-order valence-corrected chi connectivity index (χ1v) is 14.9. The van der Waals surface area contributed by atoms with Crippen LogP contribution in [0.15, 0.2) is 66.7 Å². The van der Waals surface area contributed by atoms with E-state index in [1.807, 2.05) is 26.0 Å². The molecule has 3 aromatic rings. The maximum atomic E-state index is 14.5. The van der Waals surface area contributed by atoms with Crippen molar-refractivity contribution in [1.29, 1.82) is 0 Å². The van der Waals surface area contributed by atoms with E-state index in [-0.39, 0.29) is 17.2 Å². The lowest BCUT2D eigenvalue weighted by Gasteiger charge is -2.12. The summed E-state index contributed by atoms with van der Waals surface area (Å²) in [6.07, 6.45) is 9.44. The first-order chi connectivity index (χ1) is 19.8. The zero-order valence-electron chi connectivity index (χ0n) is 24.2. The molecule has 0 amide bonds. The molecule has 1 unspecified atom stereocenters. The van der Waals surface area contributed by atoms with Crippen LogP contribution in [-0.2, 0) is 4.79 Å². The Morgan fingerprint density at radius 3 is 1.83 bits per heavy atom. The van der Waals surface area contributed by atoms with Crippen molar-refractivity contribution in [1.82, 2.24) is 0 Å². The maximum absolute atomic E-state index is 14.5. The van der Waals surface area contributed by atoms with Crippen LogP contribution in [0.25, 0.3) is 11.1 Å². The summed E-state index contributed by atoms with van der Waals surface area (Å²) in [4.78, 5) is 24.6. The van der Waals surface area contributed by atoms with Crippen molar-refractivity contribution in [3.05, 3.63) is 78.1 Å². The van der Waals surface area contributed by atoms with Crippen LogP contribution in [0.3, 0.4) is 0 Å². The zero-order chi connectivity index (χ0) is 29.6. The van der Waals surface area contributed by atoms with E-state index < -0.39 is 23.1 Å². The molecular formula is C34H40ClFO5. The molecule has 0 fully saturated rings. The molecule has 0 saturated heterocycles. The van der Waals surface area contributed by atoms with Gasteiger partial charge in [-0.2, -0.15) is 0 Å². The molecule has 7 heteroatoms. The third-order valence-corrected chi connectivity index (χ3v) is 7.39. The summed E-state index contributed by atoms with van der Waals surface area (Å²) in [7, 11) is 0. The van der Waals surface area contributed by atoms with Crippen molar-refractivity contribution in [3.8, 4) is 28.4 Å². The standard InChI is InChI=1S/C34H40ClFO5/c1-4-5-6-7-8-9-10-11-22-39-31-21-16-27(23-30(31)36)33(37)40-28-17-12-25(13-18-28)26-14-19-29(20-15-26)41-34(38)32(35)24(2)3/h12-21,23-24,32H,4-11,22H2,1-3H3. The molecule has 3 rings (SSSR count). The number of hydrogen-bond acceptors (Lipinski definition) is 5. The third-order valence-electron chi connectivity index (χ3n) is 6.70. The van der Waals surface area contributed by atoms with E-state index in [9.17, 15) is 14.0 Å². The lowest BCUT2D eigenvalue weighted by Crippen LogP contribution is -2.25. The molecule has 0 aliphatic heterocycles. The molecule has 0 saturated carbocycles. The first-order valence-electron chi connectivity index (χ1n) is 14.5. The Labute approximate surface area is 248 Å². The Kier molecular flexibility index (Phi) is 13.2. The predicted octanol–water partition coefficient (Wildman–Crippen LogP) is 9.40. The fourth-order valence-corrected chi connectivity index (χ4v) is 4.25. The van der Waals surface area contributed by atoms with Crippen LogP contribution in [0.2, 0.25) is 0 Å². The fourth-order valence-electron chi connectivity index (χ4n) is 4.20. The summed E-state index contributed by atoms with van der Waals surface area (Å²) in [5.74, 6) is -0.879. The maximum Gasteiger partial charge on any atom is 0.343 e. The third kappa shape index (κ3) is 10.5. The minimum Gasteiger partial charge on any atom is -0.491 e. The Bertz CT molecular complexity index is 1240. The number of rotatable bonds is 16.